The van der Waals surface area contributed by atoms with E-state index in [2.05, 4.69) is 4.98 Å². The highest BCUT2D eigenvalue weighted by molar-refractivity contribution is 7.89. The maximum Gasteiger partial charge on any atom is 0.355 e. The number of methoxy groups -OCH3 is 1. The molecule has 32 heavy (non-hydrogen) atoms. The first kappa shape index (κ1) is 23.5. The van der Waals surface area contributed by atoms with Gasteiger partial charge in [0.25, 0.3) is 5.91 Å². The maximum atomic E-state index is 12.7. The summed E-state index contributed by atoms with van der Waals surface area (Å²) in [7, 11) is -2.37. The summed E-state index contributed by atoms with van der Waals surface area (Å²) < 4.78 is 36.5. The van der Waals surface area contributed by atoms with Crippen molar-refractivity contribution in [1.29, 1.82) is 0 Å². The summed E-state index contributed by atoms with van der Waals surface area (Å²) in [6.07, 6.45) is 0. The van der Waals surface area contributed by atoms with Crippen molar-refractivity contribution in [2.45, 2.75) is 18.7 Å². The van der Waals surface area contributed by atoms with Gasteiger partial charge in [0.1, 0.15) is 5.69 Å². The molecule has 2 heterocycles. The number of nitrogens with zero attached hydrogens (tertiary/aromatic N) is 2. The Bertz CT molecular complexity index is 1120. The Morgan fingerprint density at radius 1 is 1.00 bits per heavy atom. The third-order valence-corrected chi connectivity index (χ3v) is 7.24. The van der Waals surface area contributed by atoms with Crippen LogP contribution in [-0.2, 0) is 24.3 Å². The molecule has 11 heteroatoms. The second-order valence-electron chi connectivity index (χ2n) is 7.29. The van der Waals surface area contributed by atoms with E-state index in [1.54, 1.807) is 32.0 Å². The number of nitrogens with one attached hydrogen (secondary N) is 1. The fraction of sp³-hybridized carbons (Fsp3) is 0.381. The van der Waals surface area contributed by atoms with Crippen LogP contribution in [0, 0.1) is 13.8 Å². The Labute approximate surface area is 186 Å². The van der Waals surface area contributed by atoms with E-state index in [0.717, 1.165) is 0 Å². The van der Waals surface area contributed by atoms with E-state index in [4.69, 9.17) is 9.47 Å². The van der Waals surface area contributed by atoms with Crippen LogP contribution in [-0.4, -0.2) is 80.3 Å². The quantitative estimate of drug-likeness (QED) is 0.636. The molecule has 0 unspecified atom stereocenters. The zero-order valence-electron chi connectivity index (χ0n) is 18.1. The minimum atomic E-state index is -3.62. The van der Waals surface area contributed by atoms with Gasteiger partial charge in [0.2, 0.25) is 10.0 Å². The number of H-pyrrole nitrogens is 1. The van der Waals surface area contributed by atoms with Gasteiger partial charge in [0, 0.05) is 31.9 Å². The smallest absolute Gasteiger partial charge is 0.355 e. The first-order valence-electron chi connectivity index (χ1n) is 9.94. The Kier molecular flexibility index (Phi) is 6.99. The number of amides is 1. The molecule has 1 aliphatic rings. The van der Waals surface area contributed by atoms with Gasteiger partial charge < -0.3 is 19.4 Å². The van der Waals surface area contributed by atoms with E-state index in [-0.39, 0.29) is 42.3 Å². The van der Waals surface area contributed by atoms with Gasteiger partial charge >= 0.3 is 11.9 Å². The summed E-state index contributed by atoms with van der Waals surface area (Å²) >= 11 is 0. The van der Waals surface area contributed by atoms with Crippen LogP contribution in [0.5, 0.6) is 0 Å². The molecule has 0 atom stereocenters. The fourth-order valence-electron chi connectivity index (χ4n) is 3.57. The molecule has 0 saturated carbocycles. The first-order valence-corrected chi connectivity index (χ1v) is 11.4. The van der Waals surface area contributed by atoms with Crippen LogP contribution in [0.2, 0.25) is 0 Å². The van der Waals surface area contributed by atoms with E-state index in [1.165, 1.54) is 28.4 Å². The standard InChI is InChI=1S/C21H25N3O7S/c1-14-18(20(26)30-3)15(2)22-19(14)21(27)31-13-17(25)23-9-11-24(12-10-23)32(28,29)16-7-5-4-6-8-16/h4-8,22H,9-13H2,1-3H3. The number of piperazine rings is 1. The van der Waals surface area contributed by atoms with Crippen molar-refractivity contribution in [3.05, 3.63) is 52.8 Å². The van der Waals surface area contributed by atoms with Crippen LogP contribution in [0.15, 0.2) is 35.2 Å². The number of aromatic nitrogens is 1. The average molecular weight is 464 g/mol. The molecule has 1 N–H and O–H groups in total. The number of ether oxygens (including phenoxy) is 2. The topological polar surface area (TPSA) is 126 Å². The van der Waals surface area contributed by atoms with Crippen LogP contribution in [0.25, 0.3) is 0 Å². The lowest BCUT2D eigenvalue weighted by Gasteiger charge is -2.33. The van der Waals surface area contributed by atoms with Crippen molar-refractivity contribution in [2.24, 2.45) is 0 Å². The number of hydrogen-bond acceptors (Lipinski definition) is 7. The lowest BCUT2D eigenvalue weighted by atomic mass is 10.1. The number of rotatable bonds is 6. The number of benzene rings is 1. The summed E-state index contributed by atoms with van der Waals surface area (Å²) in [6.45, 7) is 3.40. The summed E-state index contributed by atoms with van der Waals surface area (Å²) in [5, 5.41) is 0. The Balaban J connectivity index is 1.56. The molecule has 172 valence electrons. The molecule has 1 amide bonds. The van der Waals surface area contributed by atoms with Crippen LogP contribution in [0.1, 0.15) is 32.1 Å². The number of aromatic amines is 1. The molecule has 1 aliphatic heterocycles. The van der Waals surface area contributed by atoms with E-state index < -0.39 is 34.5 Å². The Hall–Kier alpha value is -3.18. The van der Waals surface area contributed by atoms with Gasteiger partial charge in [-0.05, 0) is 31.5 Å². The van der Waals surface area contributed by atoms with Gasteiger partial charge in [-0.2, -0.15) is 4.31 Å². The molecule has 0 aliphatic carbocycles. The monoisotopic (exact) mass is 463 g/mol. The van der Waals surface area contributed by atoms with Crippen LogP contribution in [0.4, 0.5) is 0 Å². The van der Waals surface area contributed by atoms with E-state index >= 15 is 0 Å². The van der Waals surface area contributed by atoms with Crippen LogP contribution >= 0.6 is 0 Å². The Morgan fingerprint density at radius 2 is 1.62 bits per heavy atom. The highest BCUT2D eigenvalue weighted by Gasteiger charge is 2.30. The van der Waals surface area contributed by atoms with E-state index in [1.807, 2.05) is 0 Å². The Morgan fingerprint density at radius 3 is 2.22 bits per heavy atom. The SMILES string of the molecule is COC(=O)c1c(C)[nH]c(C(=O)OCC(=O)N2CCN(S(=O)(=O)c3ccccc3)CC2)c1C. The second-order valence-corrected chi connectivity index (χ2v) is 9.23. The molecule has 1 fully saturated rings. The zero-order valence-corrected chi connectivity index (χ0v) is 18.9. The largest absolute Gasteiger partial charge is 0.465 e. The van der Waals surface area contributed by atoms with E-state index in [9.17, 15) is 22.8 Å². The second kappa shape index (κ2) is 9.53. The minimum absolute atomic E-state index is 0.0782. The van der Waals surface area contributed by atoms with Crippen molar-refractivity contribution in [3.8, 4) is 0 Å². The van der Waals surface area contributed by atoms with Crippen LogP contribution < -0.4 is 0 Å². The van der Waals surface area contributed by atoms with Gasteiger partial charge in [0.05, 0.1) is 17.6 Å². The average Bonchev–Trinajstić information content (AvgIpc) is 3.11. The highest BCUT2D eigenvalue weighted by Crippen LogP contribution is 2.20. The van der Waals surface area contributed by atoms with Crippen molar-refractivity contribution in [1.82, 2.24) is 14.2 Å². The predicted molar refractivity (Wildman–Crippen MR) is 114 cm³/mol. The molecular formula is C21H25N3O7S. The predicted octanol–water partition coefficient (Wildman–Crippen LogP) is 1.11. The molecule has 1 aromatic heterocycles. The van der Waals surface area contributed by atoms with Gasteiger partial charge in [-0.3, -0.25) is 4.79 Å². The normalized spacial score (nSPS) is 14.8. The first-order chi connectivity index (χ1) is 15.2. The maximum absolute atomic E-state index is 12.7. The molecule has 0 spiro atoms. The summed E-state index contributed by atoms with van der Waals surface area (Å²) in [5.74, 6) is -1.77. The highest BCUT2D eigenvalue weighted by atomic mass is 32.2. The lowest BCUT2D eigenvalue weighted by Crippen LogP contribution is -2.51. The molecule has 0 bridgehead atoms. The molecule has 0 radical (unpaired) electrons. The molecule has 10 nitrogen and oxygen atoms in total. The van der Waals surface area contributed by atoms with Crippen LogP contribution in [0.3, 0.4) is 0 Å². The van der Waals surface area contributed by atoms with Crippen molar-refractivity contribution in [2.75, 3.05) is 39.9 Å². The number of carbonyl (C=O) groups is 3. The van der Waals surface area contributed by atoms with Crippen molar-refractivity contribution < 1.29 is 32.3 Å². The van der Waals surface area contributed by atoms with E-state index in [0.29, 0.717) is 11.3 Å². The third-order valence-electron chi connectivity index (χ3n) is 5.33. The van der Waals surface area contributed by atoms with Gasteiger partial charge in [0.15, 0.2) is 6.61 Å². The van der Waals surface area contributed by atoms with Gasteiger partial charge in [-0.25, -0.2) is 18.0 Å². The zero-order chi connectivity index (χ0) is 23.5. The fourth-order valence-corrected chi connectivity index (χ4v) is 5.02. The lowest BCUT2D eigenvalue weighted by molar-refractivity contribution is -0.135. The van der Waals surface area contributed by atoms with Crippen molar-refractivity contribution in [3.63, 3.8) is 0 Å². The molecule has 3 rings (SSSR count). The number of aryl methyl sites for hydroxylation is 1. The summed E-state index contributed by atoms with van der Waals surface area (Å²) in [5.41, 5.74) is 1.17. The summed E-state index contributed by atoms with van der Waals surface area (Å²) in [4.78, 5) is 41.2. The number of hydrogen-bond donors (Lipinski definition) is 1. The van der Waals surface area contributed by atoms with Crippen molar-refractivity contribution >= 4 is 27.9 Å². The number of esters is 2. The molecule has 1 saturated heterocycles. The molecule has 2 aromatic rings. The van der Waals surface area contributed by atoms with Gasteiger partial charge in [-0.15, -0.1) is 0 Å². The number of sulfonamides is 1. The number of carbonyl (C=O) groups excluding carboxylic acids is 3. The molecule has 1 aromatic carbocycles. The minimum Gasteiger partial charge on any atom is -0.465 e. The summed E-state index contributed by atoms with van der Waals surface area (Å²) in [6, 6.07) is 8.11. The third kappa shape index (κ3) is 4.68. The molecular weight excluding hydrogens is 438 g/mol. The van der Waals surface area contributed by atoms with Gasteiger partial charge in [-0.1, -0.05) is 18.2 Å².